The smallest absolute Gasteiger partial charge is 0.318 e. The number of benzene rings is 2. The van der Waals surface area contributed by atoms with Gasteiger partial charge in [0.2, 0.25) is 5.91 Å². The van der Waals surface area contributed by atoms with Gasteiger partial charge in [-0.15, -0.1) is 4.40 Å². The highest BCUT2D eigenvalue weighted by atomic mass is 32.2. The molecule has 1 atom stereocenters. The first kappa shape index (κ1) is 19.9. The summed E-state index contributed by atoms with van der Waals surface area (Å²) in [6.45, 7) is 0.551. The van der Waals surface area contributed by atoms with Crippen molar-refractivity contribution < 1.29 is 18.0 Å². The van der Waals surface area contributed by atoms with Crippen LogP contribution in [0.2, 0.25) is 0 Å². The zero-order valence-corrected chi connectivity index (χ0v) is 17.1. The molecule has 2 aliphatic heterocycles. The third kappa shape index (κ3) is 3.73. The Kier molecular flexibility index (Phi) is 5.17. The monoisotopic (exact) mass is 427 g/mol. The van der Waals surface area contributed by atoms with E-state index in [4.69, 9.17) is 0 Å². The molecule has 0 aliphatic carbocycles. The maximum Gasteiger partial charge on any atom is 0.318 e. The largest absolute Gasteiger partial charge is 0.343 e. The van der Waals surface area contributed by atoms with E-state index in [-0.39, 0.29) is 16.8 Å². The Morgan fingerprint density at radius 1 is 1.03 bits per heavy atom. The Labute approximate surface area is 174 Å². The highest BCUT2D eigenvalue weighted by molar-refractivity contribution is 7.90. The highest BCUT2D eigenvalue weighted by Gasteiger charge is 2.39. The van der Waals surface area contributed by atoms with Crippen LogP contribution < -0.4 is 16.0 Å². The first-order chi connectivity index (χ1) is 14.4. The van der Waals surface area contributed by atoms with Gasteiger partial charge >= 0.3 is 6.03 Å². The highest BCUT2D eigenvalue weighted by Crippen LogP contribution is 2.31. The quantitative estimate of drug-likeness (QED) is 0.692. The van der Waals surface area contributed by atoms with E-state index in [1.807, 2.05) is 0 Å². The number of rotatable bonds is 3. The van der Waals surface area contributed by atoms with Gasteiger partial charge in [-0.05, 0) is 49.2 Å². The zero-order chi connectivity index (χ0) is 21.3. The maximum atomic E-state index is 12.9. The molecular weight excluding hydrogens is 406 g/mol. The molecular formula is C20H21N5O4S. The minimum absolute atomic E-state index is 0.172. The van der Waals surface area contributed by atoms with Gasteiger partial charge in [0.1, 0.15) is 10.9 Å². The molecule has 2 heterocycles. The van der Waals surface area contributed by atoms with Crippen molar-refractivity contribution in [2.45, 2.75) is 23.8 Å². The number of carbonyl (C=O) groups is 2. The number of anilines is 2. The number of amides is 3. The van der Waals surface area contributed by atoms with Gasteiger partial charge < -0.3 is 20.9 Å². The third-order valence-corrected chi connectivity index (χ3v) is 6.40. The second-order valence-electron chi connectivity index (χ2n) is 7.01. The summed E-state index contributed by atoms with van der Waals surface area (Å²) in [7, 11) is -2.22. The first-order valence-corrected chi connectivity index (χ1v) is 10.9. The van der Waals surface area contributed by atoms with Gasteiger partial charge in [-0.1, -0.05) is 12.1 Å². The average Bonchev–Trinajstić information content (AvgIpc) is 3.32. The van der Waals surface area contributed by atoms with E-state index in [1.54, 1.807) is 47.4 Å². The average molecular weight is 427 g/mol. The van der Waals surface area contributed by atoms with Gasteiger partial charge in [-0.3, -0.25) is 4.79 Å². The van der Waals surface area contributed by atoms with Gasteiger partial charge in [0.25, 0.3) is 10.0 Å². The van der Waals surface area contributed by atoms with E-state index in [0.717, 1.165) is 6.42 Å². The lowest BCUT2D eigenvalue weighted by Gasteiger charge is -2.25. The predicted octanol–water partition coefficient (Wildman–Crippen LogP) is 1.99. The van der Waals surface area contributed by atoms with Crippen molar-refractivity contribution in [3.63, 3.8) is 0 Å². The fourth-order valence-corrected chi connectivity index (χ4v) is 4.86. The first-order valence-electron chi connectivity index (χ1n) is 9.50. The van der Waals surface area contributed by atoms with Crippen LogP contribution >= 0.6 is 0 Å². The number of fused-ring (bicyclic) bond motifs is 1. The van der Waals surface area contributed by atoms with Gasteiger partial charge in [0, 0.05) is 30.5 Å². The van der Waals surface area contributed by atoms with Crippen LogP contribution in [0.5, 0.6) is 0 Å². The summed E-state index contributed by atoms with van der Waals surface area (Å²) in [4.78, 5) is 26.2. The summed E-state index contributed by atoms with van der Waals surface area (Å²) in [5.74, 6) is 0.0948. The summed E-state index contributed by atoms with van der Waals surface area (Å²) >= 11 is 0. The molecule has 2 aromatic carbocycles. The molecule has 4 rings (SSSR count). The van der Waals surface area contributed by atoms with Crippen molar-refractivity contribution in [3.8, 4) is 0 Å². The lowest BCUT2D eigenvalue weighted by Crippen LogP contribution is -2.43. The van der Waals surface area contributed by atoms with Crippen LogP contribution in [0.4, 0.5) is 16.2 Å². The van der Waals surface area contributed by atoms with E-state index in [9.17, 15) is 18.0 Å². The van der Waals surface area contributed by atoms with Crippen LogP contribution in [-0.2, 0) is 14.8 Å². The molecule has 3 N–H and O–H groups in total. The maximum absolute atomic E-state index is 12.9. The van der Waals surface area contributed by atoms with Crippen LogP contribution in [0.1, 0.15) is 18.4 Å². The lowest BCUT2D eigenvalue weighted by atomic mass is 10.1. The minimum Gasteiger partial charge on any atom is -0.343 e. The molecule has 0 bridgehead atoms. The molecule has 10 heteroatoms. The molecule has 30 heavy (non-hydrogen) atoms. The number of amidine groups is 1. The van der Waals surface area contributed by atoms with Crippen LogP contribution in [-0.4, -0.2) is 50.7 Å². The summed E-state index contributed by atoms with van der Waals surface area (Å²) in [5, 5.41) is 7.97. The Bertz CT molecular complexity index is 1130. The lowest BCUT2D eigenvalue weighted by molar-refractivity contribution is -0.119. The molecule has 156 valence electrons. The summed E-state index contributed by atoms with van der Waals surface area (Å²) in [6.07, 6.45) is 1.36. The van der Waals surface area contributed by atoms with Gasteiger partial charge in [0.05, 0.1) is 0 Å². The standard InChI is InChI=1S/C20H21N5O4S/c1-21-20(27)23-14-10-8-13(9-11-14)22-19(26)16-6-4-12-25(16)18-15-5-2-3-7-17(15)30(28,29)24-18/h2-3,5,7-11,16H,4,6,12H2,1H3,(H,22,26)(H2,21,23,27)/t16-/m0/s1. The zero-order valence-electron chi connectivity index (χ0n) is 16.3. The molecule has 2 aromatic rings. The fraction of sp³-hybridized carbons (Fsp3) is 0.250. The summed E-state index contributed by atoms with van der Waals surface area (Å²) in [6, 6.07) is 12.5. The molecule has 9 nitrogen and oxygen atoms in total. The molecule has 0 radical (unpaired) electrons. The van der Waals surface area contributed by atoms with Crippen LogP contribution in [0.3, 0.4) is 0 Å². The van der Waals surface area contributed by atoms with Crippen molar-refractivity contribution in [2.75, 3.05) is 24.2 Å². The molecule has 1 fully saturated rings. The fourth-order valence-electron chi connectivity index (χ4n) is 3.64. The van der Waals surface area contributed by atoms with Crippen molar-refractivity contribution in [1.29, 1.82) is 0 Å². The number of likely N-dealkylation sites (tertiary alicyclic amines) is 1. The number of nitrogens with zero attached hydrogens (tertiary/aromatic N) is 2. The molecule has 0 aromatic heterocycles. The molecule has 0 unspecified atom stereocenters. The topological polar surface area (TPSA) is 120 Å². The van der Waals surface area contributed by atoms with Crippen molar-refractivity contribution in [1.82, 2.24) is 10.2 Å². The Balaban J connectivity index is 1.51. The number of carbonyl (C=O) groups excluding carboxylic acids is 2. The Morgan fingerprint density at radius 2 is 1.70 bits per heavy atom. The van der Waals surface area contributed by atoms with Crippen molar-refractivity contribution in [3.05, 3.63) is 54.1 Å². The Hall–Kier alpha value is -3.40. The van der Waals surface area contributed by atoms with Gasteiger partial charge in [-0.2, -0.15) is 8.42 Å². The number of hydrogen-bond donors (Lipinski definition) is 3. The van der Waals surface area contributed by atoms with E-state index < -0.39 is 16.1 Å². The number of nitrogens with one attached hydrogen (secondary N) is 3. The Morgan fingerprint density at radius 3 is 2.40 bits per heavy atom. The number of urea groups is 1. The minimum atomic E-state index is -3.74. The molecule has 1 saturated heterocycles. The van der Waals surface area contributed by atoms with Crippen LogP contribution in [0.15, 0.2) is 57.8 Å². The van der Waals surface area contributed by atoms with E-state index in [2.05, 4.69) is 20.3 Å². The van der Waals surface area contributed by atoms with Crippen LogP contribution in [0.25, 0.3) is 0 Å². The van der Waals surface area contributed by atoms with E-state index in [1.165, 1.54) is 13.1 Å². The molecule has 0 saturated carbocycles. The van der Waals surface area contributed by atoms with Gasteiger partial charge in [0.15, 0.2) is 5.84 Å². The van der Waals surface area contributed by atoms with E-state index >= 15 is 0 Å². The molecule has 0 spiro atoms. The van der Waals surface area contributed by atoms with Crippen molar-refractivity contribution in [2.24, 2.45) is 4.40 Å². The second-order valence-corrected chi connectivity index (χ2v) is 8.58. The number of hydrogen-bond acceptors (Lipinski definition) is 5. The van der Waals surface area contributed by atoms with Crippen molar-refractivity contribution >= 4 is 39.2 Å². The summed E-state index contributed by atoms with van der Waals surface area (Å²) in [5.41, 5.74) is 1.70. The normalized spacial score (nSPS) is 19.0. The third-order valence-electron chi connectivity index (χ3n) is 5.08. The summed E-state index contributed by atoms with van der Waals surface area (Å²) < 4.78 is 28.7. The molecule has 2 aliphatic rings. The number of sulfonamides is 1. The van der Waals surface area contributed by atoms with Gasteiger partial charge in [-0.25, -0.2) is 4.79 Å². The SMILES string of the molecule is CNC(=O)Nc1ccc(NC(=O)[C@@H]2CCCN2C2=NS(=O)(=O)c3ccccc32)cc1. The van der Waals surface area contributed by atoms with E-state index in [0.29, 0.717) is 35.7 Å². The molecule has 3 amide bonds. The van der Waals surface area contributed by atoms with Crippen LogP contribution in [0, 0.1) is 0 Å². The predicted molar refractivity (Wildman–Crippen MR) is 113 cm³/mol. The second kappa shape index (κ2) is 7.79.